The van der Waals surface area contributed by atoms with E-state index in [0.717, 1.165) is 0 Å². The summed E-state index contributed by atoms with van der Waals surface area (Å²) in [5, 5.41) is 9.40. The first-order valence-corrected chi connectivity index (χ1v) is 5.23. The topological polar surface area (TPSA) is 64.3 Å². The van der Waals surface area contributed by atoms with Gasteiger partial charge in [0, 0.05) is 12.4 Å². The van der Waals surface area contributed by atoms with Gasteiger partial charge in [-0.1, -0.05) is 0 Å². The summed E-state index contributed by atoms with van der Waals surface area (Å²) in [7, 11) is 0. The average molecular weight is 311 g/mol. The van der Waals surface area contributed by atoms with Crippen molar-refractivity contribution in [2.45, 2.75) is 6.04 Å². The molecule has 0 bridgehead atoms. The van der Waals surface area contributed by atoms with Crippen molar-refractivity contribution in [3.63, 3.8) is 0 Å². The summed E-state index contributed by atoms with van der Waals surface area (Å²) in [5.74, 6) is 0.510. The maximum Gasteiger partial charge on any atom is 0.192 e. The van der Waals surface area contributed by atoms with Crippen LogP contribution in [-0.2, 0) is 0 Å². The molecule has 1 aliphatic heterocycles. The van der Waals surface area contributed by atoms with Gasteiger partial charge in [0.05, 0.1) is 11.9 Å². The van der Waals surface area contributed by atoms with Crippen LogP contribution in [0.15, 0.2) is 36.9 Å². The zero-order valence-corrected chi connectivity index (χ0v) is 11.0. The van der Waals surface area contributed by atoms with Gasteiger partial charge < -0.3 is 14.4 Å². The first kappa shape index (κ1) is 12.6. The van der Waals surface area contributed by atoms with Crippen LogP contribution >= 0.6 is 17.0 Å². The van der Waals surface area contributed by atoms with Crippen molar-refractivity contribution in [2.75, 3.05) is 6.61 Å². The highest BCUT2D eigenvalue weighted by atomic mass is 79.9. The maximum absolute atomic E-state index is 12.2. The predicted molar refractivity (Wildman–Crippen MR) is 69.5 cm³/mol. The van der Waals surface area contributed by atoms with Crippen LogP contribution in [0.25, 0.3) is 0 Å². The molecule has 0 radical (unpaired) electrons. The van der Waals surface area contributed by atoms with Crippen molar-refractivity contribution in [1.82, 2.24) is 9.55 Å². The fourth-order valence-corrected chi connectivity index (χ4v) is 1.94. The number of aromatic hydroxyl groups is 1. The van der Waals surface area contributed by atoms with Gasteiger partial charge in [-0.25, -0.2) is 4.98 Å². The van der Waals surface area contributed by atoms with Crippen molar-refractivity contribution in [3.05, 3.63) is 42.5 Å². The van der Waals surface area contributed by atoms with Crippen LogP contribution in [0.1, 0.15) is 16.4 Å². The average Bonchev–Trinajstić information content (AvgIpc) is 2.84. The molecule has 1 atom stereocenters. The number of benzene rings is 1. The number of Topliss-reactive ketones (excluding diaryl/α,β-unsaturated/α-hetero) is 1. The standard InChI is InChI=1S/C12H10N2O3.BrH/c15-8-1-2-11-9(5-8)12(16)10(6-17-11)14-4-3-13-7-14;/h1-5,7,10,15H,6H2;1H. The van der Waals surface area contributed by atoms with Crippen molar-refractivity contribution in [1.29, 1.82) is 0 Å². The van der Waals surface area contributed by atoms with E-state index in [1.165, 1.54) is 12.1 Å². The highest BCUT2D eigenvalue weighted by molar-refractivity contribution is 8.93. The molecule has 1 aromatic heterocycles. The molecule has 2 aromatic rings. The van der Waals surface area contributed by atoms with E-state index in [1.807, 2.05) is 0 Å². The van der Waals surface area contributed by atoms with E-state index >= 15 is 0 Å². The van der Waals surface area contributed by atoms with Crippen molar-refractivity contribution in [3.8, 4) is 11.5 Å². The van der Waals surface area contributed by atoms with E-state index in [9.17, 15) is 9.90 Å². The Balaban J connectivity index is 0.00000120. The number of fused-ring (bicyclic) bond motifs is 1. The van der Waals surface area contributed by atoms with Gasteiger partial charge in [0.25, 0.3) is 0 Å². The number of halogens is 1. The summed E-state index contributed by atoms with van der Waals surface area (Å²) in [4.78, 5) is 16.1. The number of nitrogens with zero attached hydrogens (tertiary/aromatic N) is 2. The number of carbonyl (C=O) groups is 1. The van der Waals surface area contributed by atoms with Gasteiger partial charge in [0.15, 0.2) is 5.78 Å². The van der Waals surface area contributed by atoms with Gasteiger partial charge in [-0.2, -0.15) is 0 Å². The van der Waals surface area contributed by atoms with Gasteiger partial charge in [0.2, 0.25) is 0 Å². The van der Waals surface area contributed by atoms with E-state index in [1.54, 1.807) is 29.4 Å². The zero-order valence-electron chi connectivity index (χ0n) is 9.31. The lowest BCUT2D eigenvalue weighted by molar-refractivity contribution is 0.0840. The molecule has 0 spiro atoms. The Morgan fingerprint density at radius 3 is 3.00 bits per heavy atom. The van der Waals surface area contributed by atoms with E-state index < -0.39 is 6.04 Å². The Kier molecular flexibility index (Phi) is 3.38. The Bertz CT molecular complexity index is 569. The second kappa shape index (κ2) is 4.81. The highest BCUT2D eigenvalue weighted by Gasteiger charge is 2.30. The summed E-state index contributed by atoms with van der Waals surface area (Å²) in [5.41, 5.74) is 0.412. The molecule has 0 saturated carbocycles. The molecule has 3 rings (SSSR count). The molecule has 6 heteroatoms. The molecule has 0 amide bonds. The van der Waals surface area contributed by atoms with Crippen LogP contribution in [0, 0.1) is 0 Å². The molecule has 0 saturated heterocycles. The Morgan fingerprint density at radius 1 is 1.44 bits per heavy atom. The molecule has 0 fully saturated rings. The smallest absolute Gasteiger partial charge is 0.192 e. The van der Waals surface area contributed by atoms with Crippen molar-refractivity contribution < 1.29 is 14.6 Å². The lowest BCUT2D eigenvalue weighted by Gasteiger charge is -2.24. The largest absolute Gasteiger partial charge is 0.508 e. The van der Waals surface area contributed by atoms with Gasteiger partial charge in [-0.3, -0.25) is 4.79 Å². The van der Waals surface area contributed by atoms with Crippen LogP contribution in [0.2, 0.25) is 0 Å². The fourth-order valence-electron chi connectivity index (χ4n) is 1.94. The minimum absolute atomic E-state index is 0. The minimum atomic E-state index is -0.410. The van der Waals surface area contributed by atoms with Gasteiger partial charge >= 0.3 is 0 Å². The highest BCUT2D eigenvalue weighted by Crippen LogP contribution is 2.31. The molecule has 5 nitrogen and oxygen atoms in total. The Morgan fingerprint density at radius 2 is 2.28 bits per heavy atom. The molecule has 2 heterocycles. The molecule has 1 N–H and O–H groups in total. The molecule has 1 unspecified atom stereocenters. The number of aromatic nitrogens is 2. The monoisotopic (exact) mass is 310 g/mol. The minimum Gasteiger partial charge on any atom is -0.508 e. The summed E-state index contributed by atoms with van der Waals surface area (Å²) in [6.07, 6.45) is 4.92. The first-order valence-electron chi connectivity index (χ1n) is 5.23. The molecule has 0 aliphatic carbocycles. The van der Waals surface area contributed by atoms with E-state index in [-0.39, 0.29) is 35.1 Å². The predicted octanol–water partition coefficient (Wildman–Crippen LogP) is 1.98. The van der Waals surface area contributed by atoms with Gasteiger partial charge in [-0.15, -0.1) is 17.0 Å². The van der Waals surface area contributed by atoms with Crippen LogP contribution in [0.3, 0.4) is 0 Å². The third-order valence-corrected chi connectivity index (χ3v) is 2.81. The van der Waals surface area contributed by atoms with Crippen molar-refractivity contribution in [2.24, 2.45) is 0 Å². The van der Waals surface area contributed by atoms with Gasteiger partial charge in [-0.05, 0) is 18.2 Å². The molecule has 18 heavy (non-hydrogen) atoms. The Labute approximate surface area is 114 Å². The zero-order chi connectivity index (χ0) is 11.8. The third kappa shape index (κ3) is 1.99. The number of phenolic OH excluding ortho intramolecular Hbond substituents is 1. The molecule has 1 aliphatic rings. The van der Waals surface area contributed by atoms with Crippen molar-refractivity contribution >= 4 is 22.8 Å². The number of ketones is 1. The number of carbonyl (C=O) groups excluding carboxylic acids is 1. The Hall–Kier alpha value is -1.82. The van der Waals surface area contributed by atoms with E-state index in [4.69, 9.17) is 4.74 Å². The van der Waals surface area contributed by atoms with Gasteiger partial charge in [0.1, 0.15) is 24.1 Å². The van der Waals surface area contributed by atoms with Crippen LogP contribution < -0.4 is 4.74 Å². The summed E-state index contributed by atoms with van der Waals surface area (Å²) >= 11 is 0. The molecule has 1 aromatic carbocycles. The number of ether oxygens (including phenoxy) is 1. The second-order valence-corrected chi connectivity index (χ2v) is 3.88. The lowest BCUT2D eigenvalue weighted by atomic mass is 10.0. The van der Waals surface area contributed by atoms with Crippen LogP contribution in [0.4, 0.5) is 0 Å². The molecular weight excluding hydrogens is 300 g/mol. The lowest BCUT2D eigenvalue weighted by Crippen LogP contribution is -2.29. The number of phenols is 1. The maximum atomic E-state index is 12.2. The van der Waals surface area contributed by atoms with Crippen LogP contribution in [0.5, 0.6) is 11.5 Å². The molecular formula is C12H11BrN2O3. The first-order chi connectivity index (χ1) is 8.25. The number of hydrogen-bond donors (Lipinski definition) is 1. The fraction of sp³-hybridized carbons (Fsp3) is 0.167. The number of rotatable bonds is 1. The third-order valence-electron chi connectivity index (χ3n) is 2.81. The SMILES string of the molecule is Br.O=C1c2cc(O)ccc2OCC1n1ccnc1. The summed E-state index contributed by atoms with van der Waals surface area (Å²) in [6.45, 7) is 0.285. The second-order valence-electron chi connectivity index (χ2n) is 3.88. The van der Waals surface area contributed by atoms with Crippen LogP contribution in [-0.4, -0.2) is 27.0 Å². The summed E-state index contributed by atoms with van der Waals surface area (Å²) in [6, 6.07) is 4.13. The number of hydrogen-bond acceptors (Lipinski definition) is 4. The normalized spacial score (nSPS) is 17.6. The van der Waals surface area contributed by atoms with E-state index in [0.29, 0.717) is 11.3 Å². The molecule has 94 valence electrons. The van der Waals surface area contributed by atoms with E-state index in [2.05, 4.69) is 4.98 Å². The quantitative estimate of drug-likeness (QED) is 0.875. The summed E-state index contributed by atoms with van der Waals surface area (Å²) < 4.78 is 7.21. The number of imidazole rings is 1.